The van der Waals surface area contributed by atoms with Crippen LogP contribution in [0.3, 0.4) is 0 Å². The molecule has 57 heavy (non-hydrogen) atoms. The van der Waals surface area contributed by atoms with Crippen LogP contribution in [0.2, 0.25) is 0 Å². The number of hydrogen-bond donors (Lipinski definition) is 2. The van der Waals surface area contributed by atoms with E-state index in [9.17, 15) is 19.8 Å². The van der Waals surface area contributed by atoms with Crippen LogP contribution in [0.25, 0.3) is 0 Å². The van der Waals surface area contributed by atoms with Crippen LogP contribution in [0.1, 0.15) is 72.2 Å². The maximum Gasteiger partial charge on any atom is 0.362 e. The Labute approximate surface area is 343 Å². The second-order valence-corrected chi connectivity index (χ2v) is 16.7. The number of fused-ring (bicyclic) bond motifs is 2. The molecule has 8 rings (SSSR count). The lowest BCUT2D eigenvalue weighted by Crippen LogP contribution is -2.60. The Kier molecular flexibility index (Phi) is 11.3. The van der Waals surface area contributed by atoms with Crippen LogP contribution in [-0.4, -0.2) is 91.7 Å². The summed E-state index contributed by atoms with van der Waals surface area (Å²) >= 11 is 3.87. The number of carboxylic acid groups (broad SMARTS) is 2. The van der Waals surface area contributed by atoms with E-state index in [0.29, 0.717) is 101 Å². The molecule has 0 amide bonds. The molecule has 4 aliphatic rings. The smallest absolute Gasteiger partial charge is 0.362 e. The molecule has 0 spiro atoms. The monoisotopic (exact) mass is 844 g/mol. The van der Waals surface area contributed by atoms with Gasteiger partial charge < -0.3 is 42.9 Å². The van der Waals surface area contributed by atoms with Crippen LogP contribution in [0.4, 0.5) is 0 Å². The fraction of sp³-hybridized carbons (Fsp3) is 0.422. The highest BCUT2D eigenvalue weighted by Crippen LogP contribution is 2.53. The van der Waals surface area contributed by atoms with E-state index in [-0.39, 0.29) is 16.6 Å². The molecule has 4 aromatic rings. The molecule has 0 saturated heterocycles. The van der Waals surface area contributed by atoms with E-state index in [0.717, 1.165) is 33.4 Å². The van der Waals surface area contributed by atoms with E-state index in [2.05, 4.69) is 23.0 Å². The maximum absolute atomic E-state index is 13.1. The number of benzene rings is 4. The highest BCUT2D eigenvalue weighted by molar-refractivity contribution is 9.10. The Morgan fingerprint density at radius 3 is 1.86 bits per heavy atom. The number of carbonyl (C=O) groups is 2. The zero-order valence-corrected chi connectivity index (χ0v) is 35.4. The Morgan fingerprint density at radius 1 is 0.719 bits per heavy atom. The second-order valence-electron chi connectivity index (χ2n) is 15.9. The summed E-state index contributed by atoms with van der Waals surface area (Å²) in [6, 6.07) is 18.0. The summed E-state index contributed by atoms with van der Waals surface area (Å²) in [5, 5.41) is 21.3. The fourth-order valence-corrected chi connectivity index (χ4v) is 10.5. The average Bonchev–Trinajstić information content (AvgIpc) is 3.18. The second kappa shape index (κ2) is 15.9. The summed E-state index contributed by atoms with van der Waals surface area (Å²) in [6.07, 6.45) is 3.21. The lowest BCUT2D eigenvalue weighted by Gasteiger charge is -2.49. The molecule has 302 valence electrons. The van der Waals surface area contributed by atoms with Crippen LogP contribution in [0, 0.1) is 0 Å². The molecule has 0 fully saturated rings. The van der Waals surface area contributed by atoms with Crippen molar-refractivity contribution in [2.75, 3.05) is 48.5 Å². The third-order valence-corrected chi connectivity index (χ3v) is 13.8. The molecule has 2 N–H and O–H groups in total. The Morgan fingerprint density at radius 2 is 1.26 bits per heavy atom. The summed E-state index contributed by atoms with van der Waals surface area (Å²) in [6.45, 7) is 5.09. The molecule has 6 unspecified atom stereocenters. The van der Waals surface area contributed by atoms with Crippen molar-refractivity contribution in [2.24, 2.45) is 0 Å². The minimum atomic E-state index is -0.851. The number of rotatable bonds is 9. The summed E-state index contributed by atoms with van der Waals surface area (Å²) in [5.74, 6) is 2.23. The molecular weight excluding hydrogens is 792 g/mol. The standard InChI is InChI=1S/C45H51BrN2O9/c1-8-32(44(49)50)47(3)18-16-28-23-37(54-6)39-25-31(28)34(47)20-26-10-13-30(14-11-26)56-38-22-27(12-15-36(38)53-5)21-35-41-29(24-40(55-7)42(46)43(41)57-39)17-19-48(35,4)33(9-2)45(51)52/h10-15,22-25,32-35H,8-9,16-21H2,1-7H3/p+2. The molecule has 4 aliphatic heterocycles. The molecule has 4 heterocycles. The van der Waals surface area contributed by atoms with Crippen molar-refractivity contribution in [1.29, 1.82) is 0 Å². The van der Waals surface area contributed by atoms with Gasteiger partial charge in [0.25, 0.3) is 0 Å². The summed E-state index contributed by atoms with van der Waals surface area (Å²) < 4.78 is 32.6. The number of methoxy groups -OCH3 is 3. The first-order valence-electron chi connectivity index (χ1n) is 19.7. The zero-order chi connectivity index (χ0) is 40.8. The molecular formula is C45H53BrN2O9+2. The minimum absolute atomic E-state index is 0.235. The van der Waals surface area contributed by atoms with Crippen molar-refractivity contribution in [3.05, 3.63) is 98.5 Å². The van der Waals surface area contributed by atoms with E-state index in [4.69, 9.17) is 23.7 Å². The lowest BCUT2D eigenvalue weighted by molar-refractivity contribution is -0.956. The van der Waals surface area contributed by atoms with Crippen LogP contribution < -0.4 is 23.7 Å². The number of ether oxygens (including phenoxy) is 5. The number of carboxylic acids is 2. The molecule has 0 aliphatic carbocycles. The fourth-order valence-electron chi connectivity index (χ4n) is 9.89. The van der Waals surface area contributed by atoms with E-state index >= 15 is 0 Å². The molecule has 12 heteroatoms. The highest BCUT2D eigenvalue weighted by Gasteiger charge is 2.50. The van der Waals surface area contributed by atoms with Gasteiger partial charge in [-0.2, -0.15) is 0 Å². The minimum Gasteiger partial charge on any atom is -0.495 e. The van der Waals surface area contributed by atoms with E-state index in [1.807, 2.05) is 81.6 Å². The number of nitrogens with zero attached hydrogens (tertiary/aromatic N) is 2. The van der Waals surface area contributed by atoms with Gasteiger partial charge in [0, 0.05) is 44.1 Å². The van der Waals surface area contributed by atoms with Gasteiger partial charge in [0.2, 0.25) is 0 Å². The van der Waals surface area contributed by atoms with Gasteiger partial charge in [0.1, 0.15) is 28.1 Å². The molecule has 0 aromatic heterocycles. The van der Waals surface area contributed by atoms with E-state index < -0.39 is 24.0 Å². The topological polar surface area (TPSA) is 121 Å². The Bertz CT molecular complexity index is 2190. The maximum atomic E-state index is 13.1. The SMILES string of the molecule is CCC(C(=O)O)[N+]1(C)CCc2cc(OC)c3cc2C1Cc1ccc(cc1)Oc1cc(ccc1OC)CC1c2c(cc(OC)c(Br)c2O3)CC[N+]1(C)C(CC)C(=O)O. The van der Waals surface area contributed by atoms with Gasteiger partial charge in [-0.05, 0) is 80.6 Å². The number of likely N-dealkylation sites (N-methyl/N-ethyl adjacent to an activating group) is 2. The van der Waals surface area contributed by atoms with E-state index in [1.165, 1.54) is 0 Å². The predicted octanol–water partition coefficient (Wildman–Crippen LogP) is 8.67. The van der Waals surface area contributed by atoms with Gasteiger partial charge in [0.05, 0.1) is 54.1 Å². The van der Waals surface area contributed by atoms with Gasteiger partial charge in [-0.3, -0.25) is 0 Å². The first-order valence-corrected chi connectivity index (χ1v) is 20.5. The molecule has 4 aromatic carbocycles. The average molecular weight is 846 g/mol. The number of aliphatic carboxylic acids is 2. The van der Waals surface area contributed by atoms with Crippen LogP contribution in [-0.2, 0) is 35.3 Å². The van der Waals surface area contributed by atoms with Crippen molar-refractivity contribution in [3.63, 3.8) is 0 Å². The first kappa shape index (κ1) is 40.4. The molecule has 6 bridgehead atoms. The third-order valence-electron chi connectivity index (χ3n) is 13.0. The predicted molar refractivity (Wildman–Crippen MR) is 219 cm³/mol. The first-order chi connectivity index (χ1) is 27.3. The van der Waals surface area contributed by atoms with Gasteiger partial charge in [-0.1, -0.05) is 32.0 Å². The summed E-state index contributed by atoms with van der Waals surface area (Å²) in [5.41, 5.74) is 5.97. The van der Waals surface area contributed by atoms with Crippen molar-refractivity contribution in [2.45, 2.75) is 76.5 Å². The summed E-state index contributed by atoms with van der Waals surface area (Å²) in [4.78, 5) is 26.0. The van der Waals surface area contributed by atoms with Crippen LogP contribution >= 0.6 is 15.9 Å². The quantitative estimate of drug-likeness (QED) is 0.160. The zero-order valence-electron chi connectivity index (χ0n) is 33.8. The Hall–Kier alpha value is -4.78. The van der Waals surface area contributed by atoms with Gasteiger partial charge >= 0.3 is 11.9 Å². The van der Waals surface area contributed by atoms with Crippen molar-refractivity contribution < 1.29 is 52.5 Å². The van der Waals surface area contributed by atoms with Gasteiger partial charge in [-0.25, -0.2) is 9.59 Å². The molecule has 0 radical (unpaired) electrons. The molecule has 0 saturated carbocycles. The van der Waals surface area contributed by atoms with Crippen molar-refractivity contribution >= 4 is 27.9 Å². The van der Waals surface area contributed by atoms with Gasteiger partial charge in [0.15, 0.2) is 40.8 Å². The van der Waals surface area contributed by atoms with E-state index in [1.54, 1.807) is 21.3 Å². The Balaban J connectivity index is 1.53. The van der Waals surface area contributed by atoms with Crippen molar-refractivity contribution in [1.82, 2.24) is 0 Å². The summed E-state index contributed by atoms with van der Waals surface area (Å²) in [7, 11) is 8.97. The number of quaternary nitrogens is 2. The normalized spacial score (nSPS) is 23.4. The number of halogens is 1. The van der Waals surface area contributed by atoms with Crippen molar-refractivity contribution in [3.8, 4) is 40.2 Å². The molecule has 6 atom stereocenters. The largest absolute Gasteiger partial charge is 0.495 e. The number of hydrogen-bond acceptors (Lipinski definition) is 7. The van der Waals surface area contributed by atoms with Crippen LogP contribution in [0.5, 0.6) is 40.2 Å². The van der Waals surface area contributed by atoms with Gasteiger partial charge in [-0.15, -0.1) is 0 Å². The third kappa shape index (κ3) is 7.10. The molecule has 11 nitrogen and oxygen atoms in total. The lowest BCUT2D eigenvalue weighted by atomic mass is 9.83. The highest BCUT2D eigenvalue weighted by atomic mass is 79.9. The van der Waals surface area contributed by atoms with Crippen LogP contribution in [0.15, 0.2) is 65.1 Å².